The van der Waals surface area contributed by atoms with Crippen LogP contribution < -0.4 is 5.32 Å². The van der Waals surface area contributed by atoms with E-state index in [2.05, 4.69) is 5.32 Å². The van der Waals surface area contributed by atoms with E-state index in [1.807, 2.05) is 13.8 Å². The van der Waals surface area contributed by atoms with Crippen molar-refractivity contribution in [3.63, 3.8) is 0 Å². The van der Waals surface area contributed by atoms with Gasteiger partial charge in [0.1, 0.15) is 5.54 Å². The second-order valence-electron chi connectivity index (χ2n) is 2.73. The van der Waals surface area contributed by atoms with Crippen molar-refractivity contribution in [3.8, 4) is 0 Å². The predicted octanol–water partition coefficient (Wildman–Crippen LogP) is 0.301. The molecule has 0 amide bonds. The molecule has 0 spiro atoms. The van der Waals surface area contributed by atoms with E-state index in [-0.39, 0.29) is 11.5 Å². The molecule has 1 unspecified atom stereocenters. The standard InChI is InChI=1S/C7H13NO2/c1-3-10-6(9)7(2)4-5-8-7/h8H,3-5H2,1-2H3. The fraction of sp³-hybridized carbons (Fsp3) is 0.857. The van der Waals surface area contributed by atoms with Crippen LogP contribution in [0.1, 0.15) is 20.3 Å². The molecule has 1 N–H and O–H groups in total. The molecular formula is C7H13NO2. The maximum absolute atomic E-state index is 11.1. The first-order valence-corrected chi connectivity index (χ1v) is 3.61. The Bertz CT molecular complexity index is 141. The summed E-state index contributed by atoms with van der Waals surface area (Å²) in [4.78, 5) is 11.1. The molecule has 3 heteroatoms. The summed E-state index contributed by atoms with van der Waals surface area (Å²) in [6, 6.07) is 0. The number of nitrogens with one attached hydrogen (secondary N) is 1. The summed E-state index contributed by atoms with van der Waals surface area (Å²) in [5.74, 6) is -0.124. The molecule has 0 saturated carbocycles. The topological polar surface area (TPSA) is 38.3 Å². The molecule has 0 aliphatic carbocycles. The summed E-state index contributed by atoms with van der Waals surface area (Å²) in [5.41, 5.74) is -0.379. The lowest BCUT2D eigenvalue weighted by Gasteiger charge is -2.36. The lowest BCUT2D eigenvalue weighted by Crippen LogP contribution is -2.60. The van der Waals surface area contributed by atoms with Gasteiger partial charge in [-0.15, -0.1) is 0 Å². The number of ether oxygens (including phenoxy) is 1. The lowest BCUT2D eigenvalue weighted by atomic mass is 9.91. The van der Waals surface area contributed by atoms with Crippen molar-refractivity contribution in [1.29, 1.82) is 0 Å². The molecule has 58 valence electrons. The molecule has 1 rings (SSSR count). The molecule has 1 aliphatic rings. The molecule has 1 aliphatic heterocycles. The third-order valence-corrected chi connectivity index (χ3v) is 1.87. The Morgan fingerprint density at radius 3 is 2.70 bits per heavy atom. The molecule has 0 aromatic heterocycles. The van der Waals surface area contributed by atoms with Gasteiger partial charge in [0.15, 0.2) is 0 Å². The minimum absolute atomic E-state index is 0.124. The van der Waals surface area contributed by atoms with E-state index in [1.165, 1.54) is 0 Å². The molecule has 0 aromatic carbocycles. The first-order chi connectivity index (χ1) is 4.69. The molecule has 0 bridgehead atoms. The van der Waals surface area contributed by atoms with E-state index in [0.717, 1.165) is 13.0 Å². The van der Waals surface area contributed by atoms with Gasteiger partial charge in [-0.2, -0.15) is 0 Å². The highest BCUT2D eigenvalue weighted by Crippen LogP contribution is 2.18. The summed E-state index contributed by atoms with van der Waals surface area (Å²) in [7, 11) is 0. The van der Waals surface area contributed by atoms with Gasteiger partial charge < -0.3 is 10.1 Å². The van der Waals surface area contributed by atoms with Gasteiger partial charge in [-0.3, -0.25) is 4.79 Å². The van der Waals surface area contributed by atoms with Crippen LogP contribution in [0.4, 0.5) is 0 Å². The molecule has 1 heterocycles. The minimum Gasteiger partial charge on any atom is -0.465 e. The fourth-order valence-electron chi connectivity index (χ4n) is 0.965. The van der Waals surface area contributed by atoms with Crippen LogP contribution >= 0.6 is 0 Å². The van der Waals surface area contributed by atoms with Crippen LogP contribution in [0.25, 0.3) is 0 Å². The zero-order chi connectivity index (χ0) is 7.61. The Morgan fingerprint density at radius 1 is 1.80 bits per heavy atom. The minimum atomic E-state index is -0.379. The van der Waals surface area contributed by atoms with Gasteiger partial charge in [0.2, 0.25) is 0 Å². The maximum atomic E-state index is 11.1. The van der Waals surface area contributed by atoms with E-state index in [0.29, 0.717) is 6.61 Å². The van der Waals surface area contributed by atoms with Crippen LogP contribution in [0, 0.1) is 0 Å². The number of carbonyl (C=O) groups excluding carboxylic acids is 1. The third-order valence-electron chi connectivity index (χ3n) is 1.87. The summed E-state index contributed by atoms with van der Waals surface area (Å²) < 4.78 is 4.85. The van der Waals surface area contributed by atoms with E-state index in [4.69, 9.17) is 4.74 Å². The number of hydrogen-bond acceptors (Lipinski definition) is 3. The molecule has 3 nitrogen and oxygen atoms in total. The van der Waals surface area contributed by atoms with E-state index >= 15 is 0 Å². The second kappa shape index (κ2) is 2.58. The molecule has 1 saturated heterocycles. The molecule has 1 atom stereocenters. The van der Waals surface area contributed by atoms with Crippen LogP contribution in [-0.2, 0) is 9.53 Å². The van der Waals surface area contributed by atoms with Crippen molar-refractivity contribution >= 4 is 5.97 Å². The van der Waals surface area contributed by atoms with Crippen LogP contribution in [-0.4, -0.2) is 24.7 Å². The Kier molecular flexibility index (Phi) is 1.94. The predicted molar refractivity (Wildman–Crippen MR) is 37.7 cm³/mol. The number of rotatable bonds is 2. The summed E-state index contributed by atoms with van der Waals surface area (Å²) in [5, 5.41) is 3.03. The van der Waals surface area contributed by atoms with Crippen LogP contribution in [0.2, 0.25) is 0 Å². The van der Waals surface area contributed by atoms with E-state index < -0.39 is 0 Å². The average Bonchev–Trinajstić information content (AvgIpc) is 1.83. The first-order valence-electron chi connectivity index (χ1n) is 3.61. The second-order valence-corrected chi connectivity index (χ2v) is 2.73. The zero-order valence-corrected chi connectivity index (χ0v) is 6.44. The Hall–Kier alpha value is -0.570. The lowest BCUT2D eigenvalue weighted by molar-refractivity contribution is -0.153. The molecule has 1 fully saturated rings. The zero-order valence-electron chi connectivity index (χ0n) is 6.44. The van der Waals surface area contributed by atoms with Gasteiger partial charge in [0.05, 0.1) is 6.61 Å². The van der Waals surface area contributed by atoms with Crippen molar-refractivity contribution < 1.29 is 9.53 Å². The smallest absolute Gasteiger partial charge is 0.326 e. The number of hydrogen-bond donors (Lipinski definition) is 1. The first kappa shape index (κ1) is 7.54. The van der Waals surface area contributed by atoms with E-state index in [1.54, 1.807) is 0 Å². The van der Waals surface area contributed by atoms with Crippen LogP contribution in [0.3, 0.4) is 0 Å². The monoisotopic (exact) mass is 143 g/mol. The third kappa shape index (κ3) is 1.14. The van der Waals surface area contributed by atoms with Gasteiger partial charge in [-0.1, -0.05) is 0 Å². The summed E-state index contributed by atoms with van der Waals surface area (Å²) in [6.45, 7) is 5.08. The van der Waals surface area contributed by atoms with Gasteiger partial charge in [-0.05, 0) is 26.8 Å². The highest BCUT2D eigenvalue weighted by Gasteiger charge is 2.40. The number of carbonyl (C=O) groups is 1. The highest BCUT2D eigenvalue weighted by atomic mass is 16.5. The highest BCUT2D eigenvalue weighted by molar-refractivity contribution is 5.81. The summed E-state index contributed by atoms with van der Waals surface area (Å²) in [6.07, 6.45) is 0.895. The van der Waals surface area contributed by atoms with Crippen molar-refractivity contribution in [2.24, 2.45) is 0 Å². The quantitative estimate of drug-likeness (QED) is 0.565. The normalized spacial score (nSPS) is 31.0. The van der Waals surface area contributed by atoms with Gasteiger partial charge in [0, 0.05) is 0 Å². The number of esters is 1. The van der Waals surface area contributed by atoms with Crippen LogP contribution in [0.15, 0.2) is 0 Å². The largest absolute Gasteiger partial charge is 0.465 e. The molecular weight excluding hydrogens is 130 g/mol. The SMILES string of the molecule is CCOC(=O)C1(C)CCN1. The molecule has 0 aromatic rings. The molecule has 0 radical (unpaired) electrons. The maximum Gasteiger partial charge on any atom is 0.326 e. The van der Waals surface area contributed by atoms with E-state index in [9.17, 15) is 4.79 Å². The van der Waals surface area contributed by atoms with Gasteiger partial charge in [-0.25, -0.2) is 0 Å². The van der Waals surface area contributed by atoms with Crippen molar-refractivity contribution in [2.45, 2.75) is 25.8 Å². The average molecular weight is 143 g/mol. The van der Waals surface area contributed by atoms with Crippen molar-refractivity contribution in [3.05, 3.63) is 0 Å². The van der Waals surface area contributed by atoms with Crippen molar-refractivity contribution in [1.82, 2.24) is 5.32 Å². The fourth-order valence-corrected chi connectivity index (χ4v) is 0.965. The summed E-state index contributed by atoms with van der Waals surface area (Å²) >= 11 is 0. The Morgan fingerprint density at radius 2 is 2.40 bits per heavy atom. The Labute approximate surface area is 60.7 Å². The van der Waals surface area contributed by atoms with Gasteiger partial charge >= 0.3 is 5.97 Å². The van der Waals surface area contributed by atoms with Crippen molar-refractivity contribution in [2.75, 3.05) is 13.2 Å². The van der Waals surface area contributed by atoms with Crippen LogP contribution in [0.5, 0.6) is 0 Å². The molecule has 10 heavy (non-hydrogen) atoms. The van der Waals surface area contributed by atoms with Gasteiger partial charge in [0.25, 0.3) is 0 Å². The Balaban J connectivity index is 2.39.